The molecule has 2 aromatic rings. The van der Waals surface area contributed by atoms with Crippen LogP contribution in [-0.2, 0) is 10.2 Å². The number of hydrogen-bond acceptors (Lipinski definition) is 2. The van der Waals surface area contributed by atoms with Crippen LogP contribution >= 0.6 is 0 Å². The highest BCUT2D eigenvalue weighted by atomic mass is 19.1. The smallest absolute Gasteiger partial charge is 0.242 e. The highest BCUT2D eigenvalue weighted by Crippen LogP contribution is 2.43. The summed E-state index contributed by atoms with van der Waals surface area (Å²) in [7, 11) is 0. The minimum Gasteiger partial charge on any atom is -0.273 e. The molecule has 0 unspecified atom stereocenters. The van der Waals surface area contributed by atoms with E-state index in [1.807, 2.05) is 26.0 Å². The highest BCUT2D eigenvalue weighted by Gasteiger charge is 2.45. The van der Waals surface area contributed by atoms with Crippen LogP contribution in [0.2, 0.25) is 0 Å². The molecule has 0 bridgehead atoms. The Balaban J connectivity index is 2.18. The lowest BCUT2D eigenvalue weighted by atomic mass is 9.87. The van der Waals surface area contributed by atoms with Crippen molar-refractivity contribution < 1.29 is 9.18 Å². The lowest BCUT2D eigenvalue weighted by molar-refractivity contribution is -0.121. The van der Waals surface area contributed by atoms with E-state index >= 15 is 0 Å². The number of amides is 1. The van der Waals surface area contributed by atoms with Crippen molar-refractivity contribution in [3.05, 3.63) is 54.0 Å². The highest BCUT2D eigenvalue weighted by molar-refractivity contribution is 6.11. The third kappa shape index (κ3) is 1.63. The van der Waals surface area contributed by atoms with Gasteiger partial charge in [-0.15, -0.1) is 0 Å². The van der Waals surface area contributed by atoms with Crippen LogP contribution in [0.1, 0.15) is 19.4 Å². The zero-order chi connectivity index (χ0) is 13.6. The maximum absolute atomic E-state index is 13.0. The fraction of sp³-hybridized carbons (Fsp3) is 0.200. The summed E-state index contributed by atoms with van der Waals surface area (Å²) in [5, 5.41) is 0. The minimum absolute atomic E-state index is 0.0483. The lowest BCUT2D eigenvalue weighted by Crippen LogP contribution is -2.33. The van der Waals surface area contributed by atoms with Crippen LogP contribution in [0.15, 0.2) is 42.6 Å². The molecule has 0 saturated carbocycles. The molecular weight excluding hydrogens is 243 g/mol. The predicted octanol–water partition coefficient (Wildman–Crippen LogP) is 3.18. The quantitative estimate of drug-likeness (QED) is 0.785. The topological polar surface area (TPSA) is 33.2 Å². The van der Waals surface area contributed by atoms with Gasteiger partial charge in [-0.2, -0.15) is 0 Å². The van der Waals surface area contributed by atoms with Gasteiger partial charge in [-0.1, -0.05) is 6.07 Å². The van der Waals surface area contributed by atoms with E-state index in [1.165, 1.54) is 12.1 Å². The summed E-state index contributed by atoms with van der Waals surface area (Å²) in [5.74, 6) is 0.257. The summed E-state index contributed by atoms with van der Waals surface area (Å²) < 4.78 is 13.0. The molecule has 0 saturated heterocycles. The number of carbonyl (C=O) groups is 1. The monoisotopic (exact) mass is 256 g/mol. The van der Waals surface area contributed by atoms with Crippen LogP contribution in [0.3, 0.4) is 0 Å². The summed E-state index contributed by atoms with van der Waals surface area (Å²) in [5.41, 5.74) is 0.916. The molecule has 4 heteroatoms. The second-order valence-electron chi connectivity index (χ2n) is 5.12. The molecule has 3 rings (SSSR count). The van der Waals surface area contributed by atoms with Gasteiger partial charge in [0.2, 0.25) is 5.91 Å². The van der Waals surface area contributed by atoms with Gasteiger partial charge in [0.05, 0.1) is 11.1 Å². The lowest BCUT2D eigenvalue weighted by Gasteiger charge is -2.19. The van der Waals surface area contributed by atoms with Crippen molar-refractivity contribution in [2.75, 3.05) is 4.90 Å². The van der Waals surface area contributed by atoms with Crippen molar-refractivity contribution in [2.45, 2.75) is 19.3 Å². The summed E-state index contributed by atoms with van der Waals surface area (Å²) in [6, 6.07) is 9.60. The van der Waals surface area contributed by atoms with E-state index in [-0.39, 0.29) is 11.7 Å². The second kappa shape index (κ2) is 3.88. The van der Waals surface area contributed by atoms with E-state index in [4.69, 9.17) is 0 Å². The molecule has 96 valence electrons. The number of fused-ring (bicyclic) bond motifs is 1. The molecule has 0 aliphatic carbocycles. The van der Waals surface area contributed by atoms with Gasteiger partial charge in [0.25, 0.3) is 0 Å². The first-order chi connectivity index (χ1) is 9.01. The molecule has 1 aliphatic heterocycles. The van der Waals surface area contributed by atoms with Crippen molar-refractivity contribution in [3.8, 4) is 0 Å². The van der Waals surface area contributed by atoms with Gasteiger partial charge >= 0.3 is 0 Å². The Labute approximate surface area is 110 Å². The molecule has 19 heavy (non-hydrogen) atoms. The Bertz CT molecular complexity index is 649. The van der Waals surface area contributed by atoms with Gasteiger partial charge in [-0.05, 0) is 44.2 Å². The van der Waals surface area contributed by atoms with Crippen molar-refractivity contribution in [2.24, 2.45) is 0 Å². The average Bonchev–Trinajstić information content (AvgIpc) is 2.60. The maximum Gasteiger partial charge on any atom is 0.242 e. The number of pyridine rings is 1. The fourth-order valence-corrected chi connectivity index (χ4v) is 2.38. The van der Waals surface area contributed by atoms with E-state index in [0.717, 1.165) is 5.56 Å². The third-order valence-electron chi connectivity index (χ3n) is 3.49. The fourth-order valence-electron chi connectivity index (χ4n) is 2.38. The number of carbonyl (C=O) groups excluding carboxylic acids is 1. The van der Waals surface area contributed by atoms with Crippen molar-refractivity contribution in [1.82, 2.24) is 4.98 Å². The average molecular weight is 256 g/mol. The van der Waals surface area contributed by atoms with E-state index in [2.05, 4.69) is 4.98 Å². The molecule has 0 radical (unpaired) electrons. The Kier molecular flexibility index (Phi) is 2.42. The van der Waals surface area contributed by atoms with E-state index in [1.54, 1.807) is 23.2 Å². The van der Waals surface area contributed by atoms with Gasteiger partial charge in [-0.25, -0.2) is 9.37 Å². The number of benzene rings is 1. The predicted molar refractivity (Wildman–Crippen MR) is 70.8 cm³/mol. The van der Waals surface area contributed by atoms with Gasteiger partial charge in [0, 0.05) is 11.8 Å². The molecule has 1 aromatic heterocycles. The maximum atomic E-state index is 13.0. The largest absolute Gasteiger partial charge is 0.273 e. The first-order valence-corrected chi connectivity index (χ1v) is 6.07. The first kappa shape index (κ1) is 11.8. The number of rotatable bonds is 1. The normalized spacial score (nSPS) is 16.6. The molecule has 0 fully saturated rings. The summed E-state index contributed by atoms with van der Waals surface area (Å²) in [6.45, 7) is 3.75. The third-order valence-corrected chi connectivity index (χ3v) is 3.49. The Morgan fingerprint density at radius 3 is 2.53 bits per heavy atom. The van der Waals surface area contributed by atoms with Gasteiger partial charge < -0.3 is 0 Å². The van der Waals surface area contributed by atoms with E-state index in [9.17, 15) is 9.18 Å². The standard InChI is InChI=1S/C15H13FN2O/c1-15(2)12-4-3-9-17-13(12)18(14(15)19)11-7-5-10(16)6-8-11/h3-9H,1-2H3. The number of nitrogens with zero attached hydrogens (tertiary/aromatic N) is 2. The molecule has 0 spiro atoms. The van der Waals surface area contributed by atoms with Crippen molar-refractivity contribution in [1.29, 1.82) is 0 Å². The van der Waals surface area contributed by atoms with Gasteiger partial charge in [0.15, 0.2) is 0 Å². The number of anilines is 2. The molecule has 0 atom stereocenters. The molecule has 2 heterocycles. The van der Waals surface area contributed by atoms with Crippen molar-refractivity contribution in [3.63, 3.8) is 0 Å². The van der Waals surface area contributed by atoms with Gasteiger partial charge in [0.1, 0.15) is 11.6 Å². The van der Waals surface area contributed by atoms with Gasteiger partial charge in [-0.3, -0.25) is 9.69 Å². The summed E-state index contributed by atoms with van der Waals surface area (Å²) in [6.07, 6.45) is 1.66. The number of halogens is 1. The Hall–Kier alpha value is -2.23. The Morgan fingerprint density at radius 1 is 1.16 bits per heavy atom. The zero-order valence-electron chi connectivity index (χ0n) is 10.7. The number of aromatic nitrogens is 1. The molecule has 1 amide bonds. The molecule has 1 aromatic carbocycles. The summed E-state index contributed by atoms with van der Waals surface area (Å²) >= 11 is 0. The van der Waals surface area contributed by atoms with E-state index in [0.29, 0.717) is 11.5 Å². The zero-order valence-corrected chi connectivity index (χ0v) is 10.7. The van der Waals surface area contributed by atoms with Crippen LogP contribution in [0, 0.1) is 5.82 Å². The minimum atomic E-state index is -0.613. The summed E-state index contributed by atoms with van der Waals surface area (Å²) in [4.78, 5) is 18.4. The molecule has 3 nitrogen and oxygen atoms in total. The first-order valence-electron chi connectivity index (χ1n) is 6.07. The van der Waals surface area contributed by atoms with Crippen LogP contribution in [0.4, 0.5) is 15.9 Å². The van der Waals surface area contributed by atoms with Crippen molar-refractivity contribution >= 4 is 17.4 Å². The molecule has 0 N–H and O–H groups in total. The number of hydrogen-bond donors (Lipinski definition) is 0. The van der Waals surface area contributed by atoms with E-state index < -0.39 is 5.41 Å². The Morgan fingerprint density at radius 2 is 1.84 bits per heavy atom. The van der Waals surface area contributed by atoms with Crippen LogP contribution < -0.4 is 4.90 Å². The molecule has 1 aliphatic rings. The van der Waals surface area contributed by atoms with Crippen LogP contribution in [0.25, 0.3) is 0 Å². The SMILES string of the molecule is CC1(C)C(=O)N(c2ccc(F)cc2)c2ncccc21. The molecular formula is C15H13FN2O. The van der Waals surface area contributed by atoms with Crippen LogP contribution in [0.5, 0.6) is 0 Å². The van der Waals surface area contributed by atoms with Crippen LogP contribution in [-0.4, -0.2) is 10.9 Å². The second-order valence-corrected chi connectivity index (χ2v) is 5.12.